The van der Waals surface area contributed by atoms with Crippen LogP contribution in [0.1, 0.15) is 0 Å². The van der Waals surface area contributed by atoms with Gasteiger partial charge in [0.25, 0.3) is 5.88 Å². The summed E-state index contributed by atoms with van der Waals surface area (Å²) in [6, 6.07) is 7.17. The normalized spacial score (nSPS) is 9.92. The first-order chi connectivity index (χ1) is 6.36. The van der Waals surface area contributed by atoms with Crippen molar-refractivity contribution in [2.75, 3.05) is 0 Å². The molecule has 0 spiro atoms. The van der Waals surface area contributed by atoms with Gasteiger partial charge < -0.3 is 4.74 Å². The molecule has 13 heavy (non-hydrogen) atoms. The maximum atomic E-state index is 5.86. The Labute approximate surface area is 79.5 Å². The third-order valence-electron chi connectivity index (χ3n) is 1.44. The van der Waals surface area contributed by atoms with Gasteiger partial charge in [0.2, 0.25) is 0 Å². The van der Waals surface area contributed by atoms with Gasteiger partial charge in [0.15, 0.2) is 0 Å². The van der Waals surface area contributed by atoms with E-state index in [1.165, 1.54) is 6.20 Å². The molecule has 0 aliphatic rings. The minimum Gasteiger partial charge on any atom is -0.435 e. The van der Waals surface area contributed by atoms with E-state index in [0.717, 1.165) is 0 Å². The molecule has 0 saturated heterocycles. The van der Waals surface area contributed by atoms with Crippen LogP contribution in [0.15, 0.2) is 30.5 Å². The topological polar surface area (TPSA) is 50.8 Å². The first-order valence-electron chi connectivity index (χ1n) is 3.64. The first-order valence-corrected chi connectivity index (χ1v) is 4.02. The zero-order chi connectivity index (χ0) is 9.10. The number of benzene rings is 1. The SMILES string of the molecule is Clc1ccccc1Oc1cn[nH]n1. The fourth-order valence-corrected chi connectivity index (χ4v) is 1.05. The monoisotopic (exact) mass is 195 g/mol. The molecule has 1 aromatic carbocycles. The Balaban J connectivity index is 2.24. The Bertz CT molecular complexity index is 388. The van der Waals surface area contributed by atoms with Gasteiger partial charge in [-0.15, -0.1) is 5.10 Å². The highest BCUT2D eigenvalue weighted by Crippen LogP contribution is 2.26. The third-order valence-corrected chi connectivity index (χ3v) is 1.76. The highest BCUT2D eigenvalue weighted by Gasteiger charge is 2.02. The molecule has 0 fully saturated rings. The molecule has 0 aliphatic carbocycles. The lowest BCUT2D eigenvalue weighted by molar-refractivity contribution is 0.462. The maximum absolute atomic E-state index is 5.86. The second-order valence-electron chi connectivity index (χ2n) is 2.34. The van der Waals surface area contributed by atoms with Crippen molar-refractivity contribution in [2.45, 2.75) is 0 Å². The summed E-state index contributed by atoms with van der Waals surface area (Å²) in [5.74, 6) is 0.964. The van der Waals surface area contributed by atoms with Crippen LogP contribution in [0, 0.1) is 0 Å². The minimum absolute atomic E-state index is 0.396. The van der Waals surface area contributed by atoms with E-state index >= 15 is 0 Å². The molecule has 5 heteroatoms. The number of hydrogen-bond acceptors (Lipinski definition) is 3. The zero-order valence-corrected chi connectivity index (χ0v) is 7.32. The van der Waals surface area contributed by atoms with Gasteiger partial charge >= 0.3 is 0 Å². The average molecular weight is 196 g/mol. The first kappa shape index (κ1) is 8.07. The van der Waals surface area contributed by atoms with Crippen molar-refractivity contribution in [1.29, 1.82) is 0 Å². The number of rotatable bonds is 2. The van der Waals surface area contributed by atoms with Crippen LogP contribution in [-0.4, -0.2) is 15.4 Å². The van der Waals surface area contributed by atoms with Crippen molar-refractivity contribution >= 4 is 11.6 Å². The fourth-order valence-electron chi connectivity index (χ4n) is 0.880. The van der Waals surface area contributed by atoms with E-state index in [-0.39, 0.29) is 0 Å². The molecule has 1 aromatic heterocycles. The zero-order valence-electron chi connectivity index (χ0n) is 6.57. The number of aromatic nitrogens is 3. The highest BCUT2D eigenvalue weighted by atomic mass is 35.5. The molecular formula is C8H6ClN3O. The van der Waals surface area contributed by atoms with Crippen LogP contribution >= 0.6 is 11.6 Å². The summed E-state index contributed by atoms with van der Waals surface area (Å²) in [5.41, 5.74) is 0. The Morgan fingerprint density at radius 1 is 1.31 bits per heavy atom. The van der Waals surface area contributed by atoms with Crippen LogP contribution in [0.25, 0.3) is 0 Å². The third kappa shape index (κ3) is 1.78. The molecular weight excluding hydrogens is 190 g/mol. The van der Waals surface area contributed by atoms with Crippen molar-refractivity contribution in [3.05, 3.63) is 35.5 Å². The molecule has 0 bridgehead atoms. The molecule has 4 nitrogen and oxygen atoms in total. The van der Waals surface area contributed by atoms with Gasteiger partial charge in [0.1, 0.15) is 11.9 Å². The second-order valence-corrected chi connectivity index (χ2v) is 2.75. The predicted octanol–water partition coefficient (Wildman–Crippen LogP) is 2.25. The van der Waals surface area contributed by atoms with Crippen molar-refractivity contribution in [2.24, 2.45) is 0 Å². The van der Waals surface area contributed by atoms with E-state index in [1.54, 1.807) is 12.1 Å². The molecule has 0 amide bonds. The summed E-state index contributed by atoms with van der Waals surface area (Å²) in [5, 5.41) is 10.3. The molecule has 2 aromatic rings. The van der Waals surface area contributed by atoms with Crippen molar-refractivity contribution < 1.29 is 4.74 Å². The lowest BCUT2D eigenvalue weighted by atomic mass is 10.3. The summed E-state index contributed by atoms with van der Waals surface area (Å²) >= 11 is 5.86. The van der Waals surface area contributed by atoms with Gasteiger partial charge in [0.05, 0.1) is 5.02 Å². The molecule has 0 unspecified atom stereocenters. The Hall–Kier alpha value is -1.55. The molecule has 2 rings (SSSR count). The second kappa shape index (κ2) is 3.45. The number of nitrogens with one attached hydrogen (secondary N) is 1. The molecule has 1 N–H and O–H groups in total. The lowest BCUT2D eigenvalue weighted by Crippen LogP contribution is -1.84. The molecule has 0 atom stereocenters. The number of nitrogens with zero attached hydrogens (tertiary/aromatic N) is 2. The number of para-hydroxylation sites is 1. The van der Waals surface area contributed by atoms with Crippen LogP contribution in [0.3, 0.4) is 0 Å². The number of ether oxygens (including phenoxy) is 1. The molecule has 0 aliphatic heterocycles. The lowest BCUT2D eigenvalue weighted by Gasteiger charge is -2.01. The summed E-state index contributed by atoms with van der Waals surface area (Å²) in [6.45, 7) is 0. The smallest absolute Gasteiger partial charge is 0.258 e. The van der Waals surface area contributed by atoms with Crippen molar-refractivity contribution in [3.63, 3.8) is 0 Å². The van der Waals surface area contributed by atoms with E-state index < -0.39 is 0 Å². The molecule has 0 saturated carbocycles. The van der Waals surface area contributed by atoms with Gasteiger partial charge in [-0.25, -0.2) is 0 Å². The van der Waals surface area contributed by atoms with Crippen LogP contribution in [0.5, 0.6) is 11.6 Å². The Kier molecular flexibility index (Phi) is 2.14. The number of H-pyrrole nitrogens is 1. The van der Waals surface area contributed by atoms with Gasteiger partial charge in [-0.1, -0.05) is 23.7 Å². The van der Waals surface area contributed by atoms with Crippen LogP contribution < -0.4 is 4.74 Å². The average Bonchev–Trinajstić information content (AvgIpc) is 2.61. The maximum Gasteiger partial charge on any atom is 0.258 e. The van der Waals surface area contributed by atoms with Crippen LogP contribution in [0.2, 0.25) is 5.02 Å². The van der Waals surface area contributed by atoms with Gasteiger partial charge in [0, 0.05) is 0 Å². The van der Waals surface area contributed by atoms with E-state index in [0.29, 0.717) is 16.7 Å². The highest BCUT2D eigenvalue weighted by molar-refractivity contribution is 6.32. The predicted molar refractivity (Wildman–Crippen MR) is 47.9 cm³/mol. The summed E-state index contributed by atoms with van der Waals surface area (Å²) in [7, 11) is 0. The summed E-state index contributed by atoms with van der Waals surface area (Å²) in [4.78, 5) is 0. The van der Waals surface area contributed by atoms with Crippen molar-refractivity contribution in [3.8, 4) is 11.6 Å². The van der Waals surface area contributed by atoms with Gasteiger partial charge in [-0.3, -0.25) is 0 Å². The van der Waals surface area contributed by atoms with Gasteiger partial charge in [-0.2, -0.15) is 10.3 Å². The van der Waals surface area contributed by atoms with E-state index in [9.17, 15) is 0 Å². The van der Waals surface area contributed by atoms with E-state index in [1.807, 2.05) is 12.1 Å². The van der Waals surface area contributed by atoms with Crippen LogP contribution in [-0.2, 0) is 0 Å². The Morgan fingerprint density at radius 2 is 2.15 bits per heavy atom. The van der Waals surface area contributed by atoms with Crippen LogP contribution in [0.4, 0.5) is 0 Å². The van der Waals surface area contributed by atoms with E-state index in [2.05, 4.69) is 15.4 Å². The molecule has 66 valence electrons. The quantitative estimate of drug-likeness (QED) is 0.800. The number of halogens is 1. The minimum atomic E-state index is 0.396. The van der Waals surface area contributed by atoms with Crippen molar-refractivity contribution in [1.82, 2.24) is 15.4 Å². The molecule has 0 radical (unpaired) electrons. The number of aromatic amines is 1. The largest absolute Gasteiger partial charge is 0.435 e. The Morgan fingerprint density at radius 3 is 2.85 bits per heavy atom. The summed E-state index contributed by atoms with van der Waals surface area (Å²) < 4.78 is 5.31. The van der Waals surface area contributed by atoms with E-state index in [4.69, 9.17) is 16.3 Å². The number of hydrogen-bond donors (Lipinski definition) is 1. The van der Waals surface area contributed by atoms with Gasteiger partial charge in [-0.05, 0) is 12.1 Å². The standard InChI is InChI=1S/C8H6ClN3O/c9-6-3-1-2-4-7(6)13-8-5-10-12-11-8/h1-5H,(H,10,11,12). The fraction of sp³-hybridized carbons (Fsp3) is 0. The molecule has 1 heterocycles. The summed E-state index contributed by atoms with van der Waals surface area (Å²) in [6.07, 6.45) is 1.48.